The van der Waals surface area contributed by atoms with E-state index in [0.29, 0.717) is 25.6 Å². The maximum atomic E-state index is 12.9. The van der Waals surface area contributed by atoms with E-state index >= 15 is 0 Å². The van der Waals surface area contributed by atoms with Crippen LogP contribution in [0.3, 0.4) is 0 Å². The molecule has 1 aromatic rings. The number of carbonyl (C=O) groups is 3. The Hall–Kier alpha value is -2.82. The van der Waals surface area contributed by atoms with E-state index in [9.17, 15) is 14.4 Å². The second-order valence-electron chi connectivity index (χ2n) is 10.3. The summed E-state index contributed by atoms with van der Waals surface area (Å²) in [6, 6.07) is -0.218. The van der Waals surface area contributed by atoms with Gasteiger partial charge in [-0.25, -0.2) is 24.4 Å². The monoisotopic (exact) mass is 497 g/mol. The molecule has 12 heteroatoms. The number of urea groups is 1. The van der Waals surface area contributed by atoms with Crippen molar-refractivity contribution in [2.45, 2.75) is 72.2 Å². The molecule has 11 nitrogen and oxygen atoms in total. The van der Waals surface area contributed by atoms with E-state index in [2.05, 4.69) is 15.3 Å². The number of rotatable bonds is 6. The summed E-state index contributed by atoms with van der Waals surface area (Å²) in [6.45, 7) is 11.5. The van der Waals surface area contributed by atoms with Crippen LogP contribution in [-0.4, -0.2) is 64.0 Å². The lowest BCUT2D eigenvalue weighted by Crippen LogP contribution is -2.34. The zero-order valence-electron chi connectivity index (χ0n) is 20.4. The Morgan fingerprint density at radius 2 is 1.71 bits per heavy atom. The number of halogens is 1. The fourth-order valence-corrected chi connectivity index (χ4v) is 3.42. The SMILES string of the molecule is CC(C)(C)OC(=O)Nc1nc(N2CCN(CC3CC3)C2=O)c(Cl)nc1COC(=O)OC(C)(C)C. The molecule has 0 bridgehead atoms. The number of hydrogen-bond donors (Lipinski definition) is 1. The number of hydrogen-bond acceptors (Lipinski definition) is 8. The van der Waals surface area contributed by atoms with Gasteiger partial charge in [0.15, 0.2) is 16.8 Å². The standard InChI is InChI=1S/C22H32ClN5O6/c1-21(2,3)33-18(29)26-16-14(12-32-20(31)34-22(4,5)6)24-15(23)17(25-16)28-10-9-27(19(28)30)11-13-7-8-13/h13H,7-12H2,1-6H3,(H,25,26,29). The first-order valence-corrected chi connectivity index (χ1v) is 11.6. The average Bonchev–Trinajstić information content (AvgIpc) is 3.42. The van der Waals surface area contributed by atoms with Gasteiger partial charge in [-0.05, 0) is 60.3 Å². The van der Waals surface area contributed by atoms with Crippen LogP contribution in [-0.2, 0) is 20.8 Å². The van der Waals surface area contributed by atoms with Crippen molar-refractivity contribution < 1.29 is 28.6 Å². The summed E-state index contributed by atoms with van der Waals surface area (Å²) in [7, 11) is 0. The molecule has 3 amide bonds. The minimum absolute atomic E-state index is 0.0364. The van der Waals surface area contributed by atoms with Gasteiger partial charge >= 0.3 is 18.3 Å². The summed E-state index contributed by atoms with van der Waals surface area (Å²) >= 11 is 6.38. The van der Waals surface area contributed by atoms with Gasteiger partial charge in [-0.3, -0.25) is 10.2 Å². The molecule has 0 spiro atoms. The Balaban J connectivity index is 1.83. The van der Waals surface area contributed by atoms with Crippen LogP contribution in [0, 0.1) is 5.92 Å². The molecule has 0 aromatic carbocycles. The van der Waals surface area contributed by atoms with Gasteiger partial charge in [-0.2, -0.15) is 0 Å². The fraction of sp³-hybridized carbons (Fsp3) is 0.682. The Morgan fingerprint density at radius 1 is 1.06 bits per heavy atom. The van der Waals surface area contributed by atoms with Crippen molar-refractivity contribution in [1.82, 2.24) is 14.9 Å². The Kier molecular flexibility index (Phi) is 7.44. The Bertz CT molecular complexity index is 954. The van der Waals surface area contributed by atoms with Gasteiger partial charge in [-0.15, -0.1) is 0 Å². The molecule has 2 heterocycles. The van der Waals surface area contributed by atoms with E-state index < -0.39 is 23.5 Å². The summed E-state index contributed by atoms with van der Waals surface area (Å²) in [6.07, 6.45) is 0.557. The highest BCUT2D eigenvalue weighted by Gasteiger charge is 2.36. The maximum absolute atomic E-state index is 12.9. The molecule has 34 heavy (non-hydrogen) atoms. The number of anilines is 2. The summed E-state index contributed by atoms with van der Waals surface area (Å²) < 4.78 is 15.6. The van der Waals surface area contributed by atoms with E-state index in [-0.39, 0.29) is 35.1 Å². The lowest BCUT2D eigenvalue weighted by molar-refractivity contribution is -0.0112. The van der Waals surface area contributed by atoms with Crippen molar-refractivity contribution in [3.8, 4) is 0 Å². The zero-order valence-corrected chi connectivity index (χ0v) is 21.2. The molecular weight excluding hydrogens is 466 g/mol. The van der Waals surface area contributed by atoms with E-state index in [0.717, 1.165) is 12.8 Å². The minimum atomic E-state index is -0.914. The van der Waals surface area contributed by atoms with E-state index in [1.54, 1.807) is 46.4 Å². The Morgan fingerprint density at radius 3 is 2.29 bits per heavy atom. The summed E-state index contributed by atoms with van der Waals surface area (Å²) in [4.78, 5) is 49.1. The molecule has 188 valence electrons. The first-order chi connectivity index (χ1) is 15.7. The van der Waals surface area contributed by atoms with Gasteiger partial charge in [-0.1, -0.05) is 11.6 Å². The topological polar surface area (TPSA) is 123 Å². The van der Waals surface area contributed by atoms with Crippen LogP contribution in [0.1, 0.15) is 60.1 Å². The predicted molar refractivity (Wildman–Crippen MR) is 125 cm³/mol. The molecule has 2 aliphatic rings. The number of carbonyl (C=O) groups excluding carboxylic acids is 3. The van der Waals surface area contributed by atoms with Crippen molar-refractivity contribution in [2.24, 2.45) is 5.92 Å². The average molecular weight is 498 g/mol. The predicted octanol–water partition coefficient (Wildman–Crippen LogP) is 4.58. The maximum Gasteiger partial charge on any atom is 0.509 e. The first-order valence-electron chi connectivity index (χ1n) is 11.2. The van der Waals surface area contributed by atoms with Gasteiger partial charge in [0.25, 0.3) is 0 Å². The number of nitrogens with zero attached hydrogens (tertiary/aromatic N) is 4. The van der Waals surface area contributed by atoms with Crippen molar-refractivity contribution >= 4 is 41.5 Å². The third kappa shape index (κ3) is 7.34. The molecule has 0 atom stereocenters. The van der Waals surface area contributed by atoms with Crippen molar-refractivity contribution in [3.05, 3.63) is 10.8 Å². The lowest BCUT2D eigenvalue weighted by Gasteiger charge is -2.22. The molecule has 0 unspecified atom stereocenters. The number of aromatic nitrogens is 2. The normalized spacial score (nSPS) is 16.5. The minimum Gasteiger partial charge on any atom is -0.444 e. The van der Waals surface area contributed by atoms with Gasteiger partial charge in [0.2, 0.25) is 0 Å². The summed E-state index contributed by atoms with van der Waals surface area (Å²) in [5.74, 6) is 0.616. The number of amides is 3. The highest BCUT2D eigenvalue weighted by atomic mass is 35.5. The molecule has 1 aliphatic carbocycles. The third-order valence-electron chi connectivity index (χ3n) is 4.77. The quantitative estimate of drug-likeness (QED) is 0.566. The second-order valence-corrected chi connectivity index (χ2v) is 10.7. The largest absolute Gasteiger partial charge is 0.509 e. The molecule has 1 N–H and O–H groups in total. The number of ether oxygens (including phenoxy) is 3. The fourth-order valence-electron chi connectivity index (χ4n) is 3.18. The smallest absolute Gasteiger partial charge is 0.444 e. The molecule has 1 saturated carbocycles. The second kappa shape index (κ2) is 9.81. The van der Waals surface area contributed by atoms with Crippen LogP contribution in [0.4, 0.5) is 26.0 Å². The van der Waals surface area contributed by atoms with Crippen LogP contribution in [0.2, 0.25) is 5.15 Å². The molecule has 0 radical (unpaired) electrons. The number of nitrogens with one attached hydrogen (secondary N) is 1. The van der Waals surface area contributed by atoms with Crippen LogP contribution in [0.5, 0.6) is 0 Å². The summed E-state index contributed by atoms with van der Waals surface area (Å²) in [5, 5.41) is 2.46. The third-order valence-corrected chi connectivity index (χ3v) is 5.02. The van der Waals surface area contributed by atoms with Gasteiger partial charge in [0.05, 0.1) is 0 Å². The highest BCUT2D eigenvalue weighted by molar-refractivity contribution is 6.32. The zero-order chi connectivity index (χ0) is 25.3. The van der Waals surface area contributed by atoms with Crippen LogP contribution in [0.25, 0.3) is 0 Å². The van der Waals surface area contributed by atoms with Crippen molar-refractivity contribution in [1.29, 1.82) is 0 Å². The van der Waals surface area contributed by atoms with Gasteiger partial charge < -0.3 is 19.1 Å². The van der Waals surface area contributed by atoms with Crippen molar-refractivity contribution in [3.63, 3.8) is 0 Å². The molecular formula is C22H32ClN5O6. The van der Waals surface area contributed by atoms with Crippen molar-refractivity contribution in [2.75, 3.05) is 29.9 Å². The molecule has 1 saturated heterocycles. The van der Waals surface area contributed by atoms with Gasteiger partial charge in [0, 0.05) is 19.6 Å². The van der Waals surface area contributed by atoms with Gasteiger partial charge in [0.1, 0.15) is 23.5 Å². The van der Waals surface area contributed by atoms with E-state index in [4.69, 9.17) is 25.8 Å². The van der Waals surface area contributed by atoms with Crippen LogP contribution in [0.15, 0.2) is 0 Å². The first kappa shape index (κ1) is 25.8. The molecule has 1 aliphatic heterocycles. The highest BCUT2D eigenvalue weighted by Crippen LogP contribution is 2.33. The summed E-state index contributed by atoms with van der Waals surface area (Å²) in [5.41, 5.74) is -1.43. The van der Waals surface area contributed by atoms with E-state index in [1.807, 2.05) is 0 Å². The van der Waals surface area contributed by atoms with E-state index in [1.165, 1.54) is 4.90 Å². The molecule has 1 aromatic heterocycles. The molecule has 3 rings (SSSR count). The van der Waals surface area contributed by atoms with Crippen LogP contribution >= 0.6 is 11.6 Å². The van der Waals surface area contributed by atoms with Crippen LogP contribution < -0.4 is 10.2 Å². The molecule has 2 fully saturated rings. The Labute approximate surface area is 204 Å². The lowest BCUT2D eigenvalue weighted by atomic mass is 10.2.